The number of rotatable bonds is 2. The highest BCUT2D eigenvalue weighted by Crippen LogP contribution is 2.39. The van der Waals surface area contributed by atoms with Gasteiger partial charge in [-0.15, -0.1) is 0 Å². The van der Waals surface area contributed by atoms with Crippen molar-refractivity contribution in [1.82, 2.24) is 0 Å². The van der Waals surface area contributed by atoms with E-state index in [0.717, 1.165) is 11.9 Å². The summed E-state index contributed by atoms with van der Waals surface area (Å²) in [6.45, 7) is 8.17. The molecule has 1 aromatic rings. The van der Waals surface area contributed by atoms with Crippen molar-refractivity contribution in [2.24, 2.45) is 0 Å². The molecule has 0 spiro atoms. The first-order valence-corrected chi connectivity index (χ1v) is 8.66. The maximum Gasteiger partial charge on any atom is 0.494 e. The number of hydrogen-bond acceptors (Lipinski definition) is 4. The van der Waals surface area contributed by atoms with Gasteiger partial charge in [-0.3, -0.25) is 0 Å². The van der Waals surface area contributed by atoms with Crippen LogP contribution in [-0.2, 0) is 19.1 Å². The summed E-state index contributed by atoms with van der Waals surface area (Å²) in [6.07, 6.45) is 2.46. The van der Waals surface area contributed by atoms with E-state index in [1.165, 1.54) is 5.41 Å². The van der Waals surface area contributed by atoms with Crippen LogP contribution in [0.25, 0.3) is 6.08 Å². The predicted octanol–water partition coefficient (Wildman–Crippen LogP) is 2.13. The first-order valence-electron chi connectivity index (χ1n) is 7.11. The van der Waals surface area contributed by atoms with Crippen LogP contribution in [0.2, 0.25) is 0 Å². The lowest BCUT2D eigenvalue weighted by Crippen LogP contribution is -2.44. The third-order valence-electron chi connectivity index (χ3n) is 4.76. The average Bonchev–Trinajstić information content (AvgIpc) is 2.85. The molecule has 0 radical (unpaired) electrons. The van der Waals surface area contributed by atoms with Crippen molar-refractivity contribution in [3.05, 3.63) is 29.2 Å². The van der Waals surface area contributed by atoms with Gasteiger partial charge in [0.15, 0.2) is 9.84 Å². The van der Waals surface area contributed by atoms with Crippen LogP contribution in [0.15, 0.2) is 28.5 Å². The lowest BCUT2D eigenvalue weighted by atomic mass is 9.78. The fourth-order valence-electron chi connectivity index (χ4n) is 2.78. The van der Waals surface area contributed by atoms with E-state index in [9.17, 15) is 8.42 Å². The molecule has 21 heavy (non-hydrogen) atoms. The smallest absolute Gasteiger partial charge is 0.399 e. The molecule has 1 fully saturated rings. The van der Waals surface area contributed by atoms with Gasteiger partial charge in [0, 0.05) is 5.41 Å². The average molecular weight is 306 g/mol. The summed E-state index contributed by atoms with van der Waals surface area (Å²) >= 11 is 0. The van der Waals surface area contributed by atoms with Crippen LogP contribution in [0.1, 0.15) is 39.7 Å². The van der Waals surface area contributed by atoms with Crippen molar-refractivity contribution in [3.63, 3.8) is 0 Å². The highest BCUT2D eigenvalue weighted by molar-refractivity contribution is 7.94. The summed E-state index contributed by atoms with van der Waals surface area (Å²) in [6, 6.07) is 5.23. The third-order valence-corrected chi connectivity index (χ3v) is 6.24. The molecule has 0 saturated carbocycles. The van der Waals surface area contributed by atoms with Gasteiger partial charge in [0.05, 0.1) is 16.1 Å². The van der Waals surface area contributed by atoms with E-state index < -0.39 is 22.6 Å². The Morgan fingerprint density at radius 3 is 2.52 bits per heavy atom. The molecule has 0 bridgehead atoms. The Morgan fingerprint density at radius 1 is 1.19 bits per heavy atom. The summed E-state index contributed by atoms with van der Waals surface area (Å²) in [7, 11) is -3.72. The number of benzene rings is 1. The molecule has 2 heterocycles. The highest BCUT2D eigenvalue weighted by atomic mass is 32.2. The normalized spacial score (nSPS) is 28.9. The van der Waals surface area contributed by atoms with E-state index in [1.54, 1.807) is 18.2 Å². The molecular weight excluding hydrogens is 287 g/mol. The molecular formula is C15H19BO4S. The number of sulfone groups is 1. The van der Waals surface area contributed by atoms with Gasteiger partial charge in [-0.25, -0.2) is 8.42 Å². The van der Waals surface area contributed by atoms with E-state index in [-0.39, 0.29) is 5.60 Å². The molecule has 6 heteroatoms. The zero-order valence-corrected chi connectivity index (χ0v) is 13.5. The quantitative estimate of drug-likeness (QED) is 0.786. The molecule has 2 aliphatic rings. The molecule has 1 aromatic carbocycles. The standard InChI is InChI=1S/C15H19BO4S/c1-5-15(4)14(2,3)19-16(20-15)12-6-7-13-11(10-12)8-9-21(13,17)18/h6-10H,5H2,1-4H3. The number of hydrogen-bond donors (Lipinski definition) is 0. The van der Waals surface area contributed by atoms with Gasteiger partial charge in [-0.1, -0.05) is 19.1 Å². The van der Waals surface area contributed by atoms with E-state index in [2.05, 4.69) is 6.92 Å². The molecule has 2 aliphatic heterocycles. The molecule has 1 unspecified atom stereocenters. The number of fused-ring (bicyclic) bond motifs is 1. The van der Waals surface area contributed by atoms with Gasteiger partial charge in [-0.2, -0.15) is 0 Å². The second-order valence-electron chi connectivity index (χ2n) is 6.31. The van der Waals surface area contributed by atoms with Crippen LogP contribution < -0.4 is 5.46 Å². The largest absolute Gasteiger partial charge is 0.494 e. The van der Waals surface area contributed by atoms with Crippen LogP contribution >= 0.6 is 0 Å². The molecule has 1 saturated heterocycles. The van der Waals surface area contributed by atoms with Crippen molar-refractivity contribution >= 4 is 28.5 Å². The topological polar surface area (TPSA) is 52.6 Å². The first kappa shape index (κ1) is 14.8. The van der Waals surface area contributed by atoms with Gasteiger partial charge < -0.3 is 9.31 Å². The second-order valence-corrected chi connectivity index (χ2v) is 8.11. The SMILES string of the molecule is CCC1(C)OB(c2ccc3c(c2)C=CS3(=O)=O)OC1(C)C. The minimum absolute atomic E-state index is 0.349. The van der Waals surface area contributed by atoms with Crippen LogP contribution in [-0.4, -0.2) is 26.7 Å². The van der Waals surface area contributed by atoms with E-state index >= 15 is 0 Å². The van der Waals surface area contributed by atoms with E-state index in [4.69, 9.17) is 9.31 Å². The fraction of sp³-hybridized carbons (Fsp3) is 0.467. The van der Waals surface area contributed by atoms with Crippen molar-refractivity contribution < 1.29 is 17.7 Å². The summed E-state index contributed by atoms with van der Waals surface area (Å²) in [5, 5.41) is 1.23. The molecule has 0 N–H and O–H groups in total. The molecule has 0 aliphatic carbocycles. The summed E-state index contributed by atoms with van der Waals surface area (Å²) in [4.78, 5) is 0.349. The maximum atomic E-state index is 11.8. The first-order chi connectivity index (χ1) is 9.68. The second kappa shape index (κ2) is 4.45. The Labute approximate surface area is 126 Å². The molecule has 0 aromatic heterocycles. The summed E-state index contributed by atoms with van der Waals surface area (Å²) in [5.41, 5.74) is 0.787. The molecule has 0 amide bonds. The lowest BCUT2D eigenvalue weighted by Gasteiger charge is -2.35. The van der Waals surface area contributed by atoms with Gasteiger partial charge in [-0.05, 0) is 50.4 Å². The van der Waals surface area contributed by atoms with Crippen molar-refractivity contribution in [1.29, 1.82) is 0 Å². The van der Waals surface area contributed by atoms with E-state index in [1.807, 2.05) is 26.8 Å². The van der Waals surface area contributed by atoms with Gasteiger partial charge in [0.1, 0.15) is 0 Å². The molecule has 3 rings (SSSR count). The van der Waals surface area contributed by atoms with Gasteiger partial charge in [0.2, 0.25) is 0 Å². The Hall–Kier alpha value is -1.11. The minimum atomic E-state index is -3.26. The predicted molar refractivity (Wildman–Crippen MR) is 83.0 cm³/mol. The zero-order chi connectivity index (χ0) is 15.5. The molecule has 4 nitrogen and oxygen atoms in total. The lowest BCUT2D eigenvalue weighted by molar-refractivity contribution is -0.0118. The molecule has 1 atom stereocenters. The van der Waals surface area contributed by atoms with Gasteiger partial charge >= 0.3 is 7.12 Å². The van der Waals surface area contributed by atoms with Gasteiger partial charge in [0.25, 0.3) is 0 Å². The monoisotopic (exact) mass is 306 g/mol. The highest BCUT2D eigenvalue weighted by Gasteiger charge is 2.53. The third kappa shape index (κ3) is 2.17. The maximum absolute atomic E-state index is 11.8. The van der Waals surface area contributed by atoms with E-state index in [0.29, 0.717) is 10.5 Å². The van der Waals surface area contributed by atoms with Crippen LogP contribution in [0, 0.1) is 0 Å². The summed E-state index contributed by atoms with van der Waals surface area (Å²) in [5.74, 6) is 0. The molecule has 112 valence electrons. The van der Waals surface area contributed by atoms with Crippen molar-refractivity contribution in [3.8, 4) is 0 Å². The van der Waals surface area contributed by atoms with Crippen LogP contribution in [0.5, 0.6) is 0 Å². The van der Waals surface area contributed by atoms with Crippen LogP contribution in [0.3, 0.4) is 0 Å². The summed E-state index contributed by atoms with van der Waals surface area (Å²) < 4.78 is 35.8. The Balaban J connectivity index is 1.96. The zero-order valence-electron chi connectivity index (χ0n) is 12.7. The Bertz CT molecular complexity index is 723. The van der Waals surface area contributed by atoms with Crippen LogP contribution in [0.4, 0.5) is 0 Å². The Morgan fingerprint density at radius 2 is 1.90 bits per heavy atom. The minimum Gasteiger partial charge on any atom is -0.399 e. The van der Waals surface area contributed by atoms with Crippen molar-refractivity contribution in [2.45, 2.75) is 50.2 Å². The Kier molecular flexibility index (Phi) is 3.14. The fourth-order valence-corrected chi connectivity index (χ4v) is 3.96. The van der Waals surface area contributed by atoms with Crippen molar-refractivity contribution in [2.75, 3.05) is 0 Å².